The molecule has 0 spiro atoms. The highest BCUT2D eigenvalue weighted by Gasteiger charge is 2.33. The second-order valence-electron chi connectivity index (χ2n) is 24.9. The molecule has 0 aliphatic heterocycles. The minimum absolute atomic E-state index is 0.0343. The van der Waals surface area contributed by atoms with Crippen molar-refractivity contribution >= 4 is 65.8 Å². The Hall–Kier alpha value is -9.18. The van der Waals surface area contributed by atoms with Crippen LogP contribution in [-0.4, -0.2) is 0 Å². The molecule has 14 aromatic rings. The van der Waals surface area contributed by atoms with Crippen LogP contribution in [0.25, 0.3) is 133 Å². The van der Waals surface area contributed by atoms with E-state index in [0.29, 0.717) is 0 Å². The van der Waals surface area contributed by atoms with Crippen LogP contribution in [0, 0.1) is 0 Å². The molecule has 81 heavy (non-hydrogen) atoms. The Morgan fingerprint density at radius 2 is 0.802 bits per heavy atom. The third-order valence-electron chi connectivity index (χ3n) is 16.8. The Bertz CT molecular complexity index is 4760. The number of benzene rings is 11. The summed E-state index contributed by atoms with van der Waals surface area (Å²) < 4.78 is 20.5. The molecule has 394 valence electrons. The summed E-state index contributed by atoms with van der Waals surface area (Å²) in [5.41, 5.74) is 23.7. The average molecular weight is 1050 g/mol. The normalized spacial score (nSPS) is 12.5. The van der Waals surface area contributed by atoms with E-state index in [9.17, 15) is 0 Å². The van der Waals surface area contributed by atoms with E-state index in [0.717, 1.165) is 88.9 Å². The molecule has 14 rings (SSSR count). The lowest BCUT2D eigenvalue weighted by Crippen LogP contribution is -2.23. The molecule has 0 radical (unpaired) electrons. The Morgan fingerprint density at radius 1 is 0.284 bits per heavy atom. The second-order valence-corrected chi connectivity index (χ2v) is 24.9. The van der Waals surface area contributed by atoms with E-state index < -0.39 is 5.41 Å². The van der Waals surface area contributed by atoms with Crippen LogP contribution >= 0.6 is 0 Å². The van der Waals surface area contributed by atoms with E-state index in [1.54, 1.807) is 0 Å². The first-order valence-corrected chi connectivity index (χ1v) is 28.5. The fraction of sp³-hybridized carbons (Fsp3) is 0.154. The molecular formula is C78H64O3. The molecule has 0 saturated carbocycles. The van der Waals surface area contributed by atoms with Crippen molar-refractivity contribution in [2.24, 2.45) is 0 Å². The third kappa shape index (κ3) is 8.57. The molecule has 0 N–H and O–H groups in total. The van der Waals surface area contributed by atoms with Crippen LogP contribution in [0.4, 0.5) is 0 Å². The van der Waals surface area contributed by atoms with Gasteiger partial charge in [-0.2, -0.15) is 0 Å². The zero-order valence-electron chi connectivity index (χ0n) is 47.4. The zero-order chi connectivity index (χ0) is 55.4. The van der Waals surface area contributed by atoms with Gasteiger partial charge in [0, 0.05) is 37.9 Å². The molecule has 0 amide bonds. The van der Waals surface area contributed by atoms with Crippen molar-refractivity contribution in [3.8, 4) is 66.8 Å². The maximum absolute atomic E-state index is 7.11. The van der Waals surface area contributed by atoms with Crippen molar-refractivity contribution in [1.82, 2.24) is 0 Å². The van der Waals surface area contributed by atoms with Gasteiger partial charge in [0.1, 0.15) is 33.5 Å². The lowest BCUT2D eigenvalue weighted by atomic mass is 9.70. The van der Waals surface area contributed by atoms with Crippen LogP contribution in [0.15, 0.2) is 244 Å². The maximum atomic E-state index is 7.11. The zero-order valence-corrected chi connectivity index (χ0v) is 47.4. The number of furan rings is 3. The minimum Gasteiger partial charge on any atom is -0.456 e. The van der Waals surface area contributed by atoms with Crippen molar-refractivity contribution in [2.45, 2.75) is 78.1 Å². The van der Waals surface area contributed by atoms with Gasteiger partial charge in [0.15, 0.2) is 0 Å². The van der Waals surface area contributed by atoms with Crippen molar-refractivity contribution < 1.29 is 13.3 Å². The molecule has 0 bridgehead atoms. The molecule has 11 aromatic carbocycles. The molecule has 0 aliphatic carbocycles. The van der Waals surface area contributed by atoms with Gasteiger partial charge in [-0.25, -0.2) is 0 Å². The summed E-state index contributed by atoms with van der Waals surface area (Å²) >= 11 is 0. The summed E-state index contributed by atoms with van der Waals surface area (Å²) in [6.45, 7) is 18.8. The molecule has 0 aliphatic rings. The smallest absolute Gasteiger partial charge is 0.143 e. The number of hydrogen-bond acceptors (Lipinski definition) is 3. The number of para-hydroxylation sites is 2. The summed E-state index contributed by atoms with van der Waals surface area (Å²) in [5.74, 6) is 0. The largest absolute Gasteiger partial charge is 0.456 e. The van der Waals surface area contributed by atoms with Crippen LogP contribution in [0.5, 0.6) is 0 Å². The van der Waals surface area contributed by atoms with Gasteiger partial charge in [0.2, 0.25) is 0 Å². The third-order valence-corrected chi connectivity index (χ3v) is 16.8. The summed E-state index contributed by atoms with van der Waals surface area (Å²) in [4.78, 5) is 0. The Morgan fingerprint density at radius 3 is 1.49 bits per heavy atom. The lowest BCUT2D eigenvalue weighted by molar-refractivity contribution is 0.525. The quantitative estimate of drug-likeness (QED) is 0.145. The van der Waals surface area contributed by atoms with E-state index in [-0.39, 0.29) is 10.8 Å². The van der Waals surface area contributed by atoms with Crippen LogP contribution in [-0.2, 0) is 22.7 Å². The van der Waals surface area contributed by atoms with E-state index in [1.165, 1.54) is 72.3 Å². The van der Waals surface area contributed by atoms with Crippen LogP contribution < -0.4 is 0 Å². The average Bonchev–Trinajstić information content (AvgIpc) is 4.27. The Kier molecular flexibility index (Phi) is 11.7. The molecule has 3 aromatic heterocycles. The molecule has 3 nitrogen and oxygen atoms in total. The lowest BCUT2D eigenvalue weighted by Gasteiger charge is -2.33. The fourth-order valence-corrected chi connectivity index (χ4v) is 13.4. The van der Waals surface area contributed by atoms with Crippen molar-refractivity contribution in [3.05, 3.63) is 253 Å². The number of rotatable bonds is 9. The van der Waals surface area contributed by atoms with Gasteiger partial charge in [0.25, 0.3) is 0 Å². The highest BCUT2D eigenvalue weighted by molar-refractivity contribution is 6.16. The van der Waals surface area contributed by atoms with Gasteiger partial charge in [-0.3, -0.25) is 0 Å². The predicted octanol–water partition coefficient (Wildman–Crippen LogP) is 22.5. The van der Waals surface area contributed by atoms with Gasteiger partial charge in [-0.15, -0.1) is 0 Å². The topological polar surface area (TPSA) is 39.4 Å². The van der Waals surface area contributed by atoms with Gasteiger partial charge in [0.05, 0.1) is 0 Å². The maximum Gasteiger partial charge on any atom is 0.143 e. The first-order chi connectivity index (χ1) is 39.2. The summed E-state index contributed by atoms with van der Waals surface area (Å²) in [5, 5.41) is 6.67. The minimum atomic E-state index is -0.398. The second kappa shape index (κ2) is 19.0. The monoisotopic (exact) mass is 1050 g/mol. The van der Waals surface area contributed by atoms with Gasteiger partial charge in [-0.05, 0) is 155 Å². The van der Waals surface area contributed by atoms with Crippen molar-refractivity contribution in [2.75, 3.05) is 0 Å². The molecule has 0 saturated heterocycles. The summed E-state index contributed by atoms with van der Waals surface area (Å²) in [6.07, 6.45) is 0.747. The molecule has 0 fully saturated rings. The Labute approximate surface area is 474 Å². The first kappa shape index (κ1) is 50.1. The van der Waals surface area contributed by atoms with Crippen molar-refractivity contribution in [3.63, 3.8) is 0 Å². The van der Waals surface area contributed by atoms with Crippen molar-refractivity contribution in [1.29, 1.82) is 0 Å². The summed E-state index contributed by atoms with van der Waals surface area (Å²) in [7, 11) is 0. The highest BCUT2D eigenvalue weighted by atomic mass is 16.3. The standard InChI is InChI=1S/C78H64O3/c1-76(2,3)65-35-18-15-28-54(65)56-32-22-39-69-71(56)60-41-40-51(46-70(60)80-69)52-44-63-55-29-16-19-36-66(55)81-75(63)64(45-52)62-43-48(42-61(73(62)77(4,5)6)50-26-13-10-14-27-50)47-78(7,8)74-53(49-24-11-9-12-25-49)31-21-34-58(74)57-33-23-38-68-72(57)59-30-17-20-37-67(59)79-68/h9-46H,47H2,1-8H3. The highest BCUT2D eigenvalue weighted by Crippen LogP contribution is 2.50. The number of fused-ring (bicyclic) bond motifs is 9. The first-order valence-electron chi connectivity index (χ1n) is 28.5. The molecule has 0 atom stereocenters. The van der Waals surface area contributed by atoms with E-state index >= 15 is 0 Å². The fourth-order valence-electron chi connectivity index (χ4n) is 13.4. The molecular weight excluding hydrogens is 985 g/mol. The molecule has 3 heteroatoms. The van der Waals surface area contributed by atoms with Gasteiger partial charge < -0.3 is 13.3 Å². The van der Waals surface area contributed by atoms with Gasteiger partial charge >= 0.3 is 0 Å². The SMILES string of the molecule is CC(C)(C)c1ccccc1-c1cccc2oc3cc(-c4cc(-c5cc(CC(C)(C)c6c(-c7ccccc7)cccc6-c6cccc7oc8ccccc8c67)cc(-c6ccccc6)c5C(C)(C)C)c5oc6ccccc6c5c4)ccc3c12. The summed E-state index contributed by atoms with van der Waals surface area (Å²) in [6, 6.07) is 84.0. The van der Waals surface area contributed by atoms with Crippen LogP contribution in [0.3, 0.4) is 0 Å². The van der Waals surface area contributed by atoms with E-state index in [2.05, 4.69) is 286 Å². The van der Waals surface area contributed by atoms with E-state index in [4.69, 9.17) is 13.3 Å². The van der Waals surface area contributed by atoms with Crippen LogP contribution in [0.1, 0.15) is 77.6 Å². The van der Waals surface area contributed by atoms with Gasteiger partial charge in [-0.1, -0.05) is 237 Å². The molecule has 3 heterocycles. The van der Waals surface area contributed by atoms with E-state index in [1.807, 2.05) is 0 Å². The predicted molar refractivity (Wildman–Crippen MR) is 341 cm³/mol. The Balaban J connectivity index is 0.992. The van der Waals surface area contributed by atoms with Crippen LogP contribution in [0.2, 0.25) is 0 Å². The number of hydrogen-bond donors (Lipinski definition) is 0. The molecule has 0 unspecified atom stereocenters.